The summed E-state index contributed by atoms with van der Waals surface area (Å²) in [5, 5.41) is 12.1. The van der Waals surface area contributed by atoms with E-state index in [2.05, 4.69) is 10.3 Å². The van der Waals surface area contributed by atoms with Crippen LogP contribution in [-0.4, -0.2) is 46.6 Å². The van der Waals surface area contributed by atoms with E-state index in [1.807, 2.05) is 4.90 Å². The largest absolute Gasteiger partial charge is 0.480 e. The number of hydrogen-bond donors (Lipinski definition) is 2. The number of carboxylic acids is 1. The topological polar surface area (TPSA) is 65.5 Å². The van der Waals surface area contributed by atoms with Gasteiger partial charge in [-0.25, -0.2) is 4.98 Å². The van der Waals surface area contributed by atoms with Gasteiger partial charge in [0.15, 0.2) is 4.47 Å². The molecule has 0 bridgehead atoms. The highest BCUT2D eigenvalue weighted by atomic mass is 35.5. The van der Waals surface area contributed by atoms with Crippen molar-refractivity contribution < 1.29 is 9.90 Å². The van der Waals surface area contributed by atoms with Crippen molar-refractivity contribution in [3.05, 3.63) is 15.5 Å². The first-order chi connectivity index (χ1) is 7.66. The van der Waals surface area contributed by atoms with Crippen LogP contribution in [0, 0.1) is 0 Å². The van der Waals surface area contributed by atoms with E-state index in [-0.39, 0.29) is 0 Å². The van der Waals surface area contributed by atoms with Crippen molar-refractivity contribution in [3.8, 4) is 0 Å². The van der Waals surface area contributed by atoms with E-state index in [0.717, 1.165) is 18.0 Å². The lowest BCUT2D eigenvalue weighted by Crippen LogP contribution is -2.54. The molecule has 2 N–H and O–H groups in total. The zero-order valence-corrected chi connectivity index (χ0v) is 10.1. The predicted octanol–water partition coefficient (Wildman–Crippen LogP) is 0.655. The molecule has 0 amide bonds. The third-order valence-corrected chi connectivity index (χ3v) is 3.62. The lowest BCUT2D eigenvalue weighted by molar-refractivity contribution is -0.144. The molecule has 1 fully saturated rings. The van der Waals surface area contributed by atoms with Gasteiger partial charge in [0.05, 0.1) is 0 Å². The third kappa shape index (κ3) is 2.70. The highest BCUT2D eigenvalue weighted by Gasteiger charge is 2.28. The van der Waals surface area contributed by atoms with Gasteiger partial charge in [-0.05, 0) is 0 Å². The van der Waals surface area contributed by atoms with Gasteiger partial charge < -0.3 is 10.4 Å². The minimum atomic E-state index is -0.789. The average molecular weight is 262 g/mol. The van der Waals surface area contributed by atoms with E-state index in [1.165, 1.54) is 11.3 Å². The molecule has 5 nitrogen and oxygen atoms in total. The fraction of sp³-hybridized carbons (Fsp3) is 0.556. The number of carboxylic acid groups (broad SMARTS) is 1. The zero-order valence-electron chi connectivity index (χ0n) is 8.52. The normalized spacial score (nSPS) is 22.2. The summed E-state index contributed by atoms with van der Waals surface area (Å²) in [5.41, 5.74) is 0. The number of aliphatic carboxylic acids is 1. The van der Waals surface area contributed by atoms with Gasteiger partial charge in [-0.2, -0.15) is 0 Å². The molecule has 1 saturated heterocycles. The Balaban J connectivity index is 2.03. The van der Waals surface area contributed by atoms with Crippen molar-refractivity contribution in [1.29, 1.82) is 0 Å². The monoisotopic (exact) mass is 261 g/mol. The van der Waals surface area contributed by atoms with E-state index >= 15 is 0 Å². The molecule has 1 aliphatic heterocycles. The molecule has 0 aromatic carbocycles. The molecule has 0 aliphatic carbocycles. The Morgan fingerprint density at radius 3 is 3.25 bits per heavy atom. The summed E-state index contributed by atoms with van der Waals surface area (Å²) >= 11 is 7.13. The number of rotatable bonds is 3. The zero-order chi connectivity index (χ0) is 11.5. The Hall–Kier alpha value is -0.690. The summed E-state index contributed by atoms with van der Waals surface area (Å²) in [6.45, 7) is 2.63. The maximum atomic E-state index is 11.0. The molecular weight excluding hydrogens is 250 g/mol. The molecular formula is C9H12ClN3O2S. The lowest BCUT2D eigenvalue weighted by Gasteiger charge is -2.32. The first-order valence-corrected chi connectivity index (χ1v) is 6.14. The number of halogens is 1. The van der Waals surface area contributed by atoms with Gasteiger partial charge in [-0.1, -0.05) is 11.6 Å². The summed E-state index contributed by atoms with van der Waals surface area (Å²) < 4.78 is 0.497. The SMILES string of the molecule is O=C(O)C1CNCCN1Cc1cnc(Cl)s1. The second-order valence-electron chi connectivity index (χ2n) is 3.61. The summed E-state index contributed by atoms with van der Waals surface area (Å²) in [6.07, 6.45) is 1.70. The Labute approximate surface area is 102 Å². The van der Waals surface area contributed by atoms with E-state index in [0.29, 0.717) is 17.6 Å². The fourth-order valence-electron chi connectivity index (χ4n) is 1.74. The molecule has 2 rings (SSSR count). The summed E-state index contributed by atoms with van der Waals surface area (Å²) in [5.74, 6) is -0.789. The highest BCUT2D eigenvalue weighted by Crippen LogP contribution is 2.20. The van der Waals surface area contributed by atoms with Gasteiger partial charge in [-0.3, -0.25) is 9.69 Å². The average Bonchev–Trinajstić information content (AvgIpc) is 2.64. The number of piperazine rings is 1. The van der Waals surface area contributed by atoms with Crippen LogP contribution in [0.5, 0.6) is 0 Å². The third-order valence-electron chi connectivity index (χ3n) is 2.52. The fourth-order valence-corrected chi connectivity index (χ4v) is 2.74. The number of nitrogens with one attached hydrogen (secondary N) is 1. The van der Waals surface area contributed by atoms with E-state index in [1.54, 1.807) is 6.20 Å². The Morgan fingerprint density at radius 2 is 2.62 bits per heavy atom. The van der Waals surface area contributed by atoms with Crippen LogP contribution in [0.2, 0.25) is 4.47 Å². The molecule has 16 heavy (non-hydrogen) atoms. The Kier molecular flexibility index (Phi) is 3.75. The van der Waals surface area contributed by atoms with E-state index in [9.17, 15) is 4.79 Å². The first-order valence-electron chi connectivity index (χ1n) is 4.94. The maximum absolute atomic E-state index is 11.0. The summed E-state index contributed by atoms with van der Waals surface area (Å²) in [7, 11) is 0. The molecule has 1 aromatic rings. The van der Waals surface area contributed by atoms with Gasteiger partial charge in [0.1, 0.15) is 6.04 Å². The molecule has 7 heteroatoms. The van der Waals surface area contributed by atoms with Gasteiger partial charge in [0.2, 0.25) is 0 Å². The number of nitrogens with zero attached hydrogens (tertiary/aromatic N) is 2. The summed E-state index contributed by atoms with van der Waals surface area (Å²) in [6, 6.07) is -0.463. The minimum absolute atomic E-state index is 0.463. The van der Waals surface area contributed by atoms with Gasteiger partial charge >= 0.3 is 5.97 Å². The highest BCUT2D eigenvalue weighted by molar-refractivity contribution is 7.15. The Morgan fingerprint density at radius 1 is 1.81 bits per heavy atom. The number of hydrogen-bond acceptors (Lipinski definition) is 5. The van der Waals surface area contributed by atoms with E-state index in [4.69, 9.17) is 16.7 Å². The van der Waals surface area contributed by atoms with Crippen LogP contribution in [0.3, 0.4) is 0 Å². The molecule has 1 atom stereocenters. The molecule has 2 heterocycles. The van der Waals surface area contributed by atoms with Gasteiger partial charge in [0.25, 0.3) is 0 Å². The first kappa shape index (κ1) is 11.8. The van der Waals surface area contributed by atoms with Crippen molar-refractivity contribution in [2.75, 3.05) is 19.6 Å². The maximum Gasteiger partial charge on any atom is 0.322 e. The van der Waals surface area contributed by atoms with Crippen molar-refractivity contribution in [2.45, 2.75) is 12.6 Å². The van der Waals surface area contributed by atoms with Crippen molar-refractivity contribution in [2.24, 2.45) is 0 Å². The smallest absolute Gasteiger partial charge is 0.322 e. The number of carbonyl (C=O) groups is 1. The minimum Gasteiger partial charge on any atom is -0.480 e. The predicted molar refractivity (Wildman–Crippen MR) is 61.8 cm³/mol. The van der Waals surface area contributed by atoms with Crippen LogP contribution < -0.4 is 5.32 Å². The summed E-state index contributed by atoms with van der Waals surface area (Å²) in [4.78, 5) is 17.9. The van der Waals surface area contributed by atoms with Crippen LogP contribution in [0.25, 0.3) is 0 Å². The van der Waals surface area contributed by atoms with Crippen molar-refractivity contribution >= 4 is 28.9 Å². The van der Waals surface area contributed by atoms with Crippen LogP contribution in [0.4, 0.5) is 0 Å². The molecule has 0 saturated carbocycles. The quantitative estimate of drug-likeness (QED) is 0.837. The second kappa shape index (κ2) is 5.09. The second-order valence-corrected chi connectivity index (χ2v) is 5.31. The molecule has 88 valence electrons. The van der Waals surface area contributed by atoms with Crippen LogP contribution in [0.1, 0.15) is 4.88 Å². The standard InChI is InChI=1S/C9H12ClN3O2S/c10-9-12-3-6(16-9)5-13-2-1-11-4-7(13)8(14)15/h3,7,11H,1-2,4-5H2,(H,14,15). The molecule has 1 unspecified atom stereocenters. The van der Waals surface area contributed by atoms with Crippen molar-refractivity contribution in [1.82, 2.24) is 15.2 Å². The molecule has 1 aromatic heterocycles. The molecule has 0 radical (unpaired) electrons. The number of aromatic nitrogens is 1. The van der Waals surface area contributed by atoms with E-state index < -0.39 is 12.0 Å². The van der Waals surface area contributed by atoms with Crippen molar-refractivity contribution in [3.63, 3.8) is 0 Å². The lowest BCUT2D eigenvalue weighted by atomic mass is 10.2. The number of thiazole rings is 1. The van der Waals surface area contributed by atoms with Crippen LogP contribution in [-0.2, 0) is 11.3 Å². The Bertz CT molecular complexity index is 385. The van der Waals surface area contributed by atoms with Gasteiger partial charge in [0, 0.05) is 37.3 Å². The molecule has 0 spiro atoms. The van der Waals surface area contributed by atoms with Crippen LogP contribution >= 0.6 is 22.9 Å². The van der Waals surface area contributed by atoms with Gasteiger partial charge in [-0.15, -0.1) is 11.3 Å². The molecule has 1 aliphatic rings. The van der Waals surface area contributed by atoms with Crippen LogP contribution in [0.15, 0.2) is 6.20 Å².